The van der Waals surface area contributed by atoms with Crippen molar-refractivity contribution in [2.45, 2.75) is 137 Å². The van der Waals surface area contributed by atoms with Gasteiger partial charge in [0.1, 0.15) is 0 Å². The van der Waals surface area contributed by atoms with Crippen LogP contribution in [0.15, 0.2) is 72.8 Å². The summed E-state index contributed by atoms with van der Waals surface area (Å²) in [7, 11) is -2.96. The quantitative estimate of drug-likeness (QED) is 0.0279. The van der Waals surface area contributed by atoms with Gasteiger partial charge in [-0.25, -0.2) is 0 Å². The number of benzene rings is 5. The van der Waals surface area contributed by atoms with E-state index in [2.05, 4.69) is 79.7 Å². The average molecular weight is 693 g/mol. The van der Waals surface area contributed by atoms with Crippen LogP contribution in [-0.4, -0.2) is 28.6 Å². The zero-order valence-corrected chi connectivity index (χ0v) is 32.8. The topological polar surface area (TPSA) is 27.7 Å². The lowest BCUT2D eigenvalue weighted by atomic mass is 9.95. The van der Waals surface area contributed by atoms with E-state index < -0.39 is 8.80 Å². The van der Waals surface area contributed by atoms with Gasteiger partial charge in [-0.2, -0.15) is 0 Å². The van der Waals surface area contributed by atoms with Gasteiger partial charge in [-0.1, -0.05) is 146 Å². The molecule has 0 aliphatic heterocycles. The molecule has 0 saturated heterocycles. The molecule has 0 atom stereocenters. The molecule has 4 heteroatoms. The third-order valence-corrected chi connectivity index (χ3v) is 13.5. The Kier molecular flexibility index (Phi) is 15.6. The maximum absolute atomic E-state index is 6.20. The lowest BCUT2D eigenvalue weighted by Crippen LogP contribution is -2.56. The Balaban J connectivity index is 1.14. The fourth-order valence-corrected chi connectivity index (χ4v) is 10.3. The van der Waals surface area contributed by atoms with Crippen molar-refractivity contribution in [2.24, 2.45) is 0 Å². The molecule has 3 nitrogen and oxygen atoms in total. The molecule has 0 fully saturated rings. The standard InChI is InChI=1S/C46H64O3Si/c1-5-9-10-11-12-13-14-15-16-17-18-19-20-21-22-23-24-37-25-26-38-35-45-40(32-42(38)31-37)27-28-41-33-43-34-44(30-29-39(43)36-46(41)45)50(47-6-2,48-7-3)49-8-4/h25-36H,5-24H2,1-4H3. The number of fused-ring (bicyclic) bond motifs is 5. The second-order valence-electron chi connectivity index (χ2n) is 14.4. The third kappa shape index (κ3) is 10.4. The van der Waals surface area contributed by atoms with E-state index in [1.807, 2.05) is 20.8 Å². The van der Waals surface area contributed by atoms with Crippen molar-refractivity contribution in [3.8, 4) is 0 Å². The zero-order valence-electron chi connectivity index (χ0n) is 31.8. The van der Waals surface area contributed by atoms with E-state index in [9.17, 15) is 0 Å². The molecule has 0 bridgehead atoms. The molecule has 0 heterocycles. The van der Waals surface area contributed by atoms with Gasteiger partial charge in [-0.15, -0.1) is 0 Å². The van der Waals surface area contributed by atoms with Gasteiger partial charge >= 0.3 is 8.80 Å². The van der Waals surface area contributed by atoms with E-state index >= 15 is 0 Å². The van der Waals surface area contributed by atoms with Crippen LogP contribution >= 0.6 is 0 Å². The summed E-state index contributed by atoms with van der Waals surface area (Å²) in [5, 5.41) is 11.3. The first kappa shape index (κ1) is 38.5. The van der Waals surface area contributed by atoms with Crippen molar-refractivity contribution >= 4 is 57.1 Å². The molecule has 0 N–H and O–H groups in total. The summed E-state index contributed by atoms with van der Waals surface area (Å²) in [5.74, 6) is 0. The first-order valence-corrected chi connectivity index (χ1v) is 22.1. The van der Waals surface area contributed by atoms with E-state index in [0.29, 0.717) is 19.8 Å². The van der Waals surface area contributed by atoms with Gasteiger partial charge in [0, 0.05) is 25.0 Å². The van der Waals surface area contributed by atoms with Crippen molar-refractivity contribution in [2.75, 3.05) is 19.8 Å². The molecule has 0 aromatic heterocycles. The average Bonchev–Trinajstić information content (AvgIpc) is 3.13. The van der Waals surface area contributed by atoms with Crippen LogP contribution in [0.1, 0.15) is 136 Å². The normalized spacial score (nSPS) is 12.2. The maximum Gasteiger partial charge on any atom is 0.537 e. The highest BCUT2D eigenvalue weighted by Gasteiger charge is 2.43. The van der Waals surface area contributed by atoms with Crippen molar-refractivity contribution in [3.05, 3.63) is 78.4 Å². The summed E-state index contributed by atoms with van der Waals surface area (Å²) in [6, 6.07) is 27.7. The summed E-state index contributed by atoms with van der Waals surface area (Å²) in [5.41, 5.74) is 1.47. The molecule has 5 aromatic carbocycles. The highest BCUT2D eigenvalue weighted by atomic mass is 28.4. The predicted molar refractivity (Wildman–Crippen MR) is 220 cm³/mol. The fourth-order valence-electron chi connectivity index (χ4n) is 7.77. The van der Waals surface area contributed by atoms with Crippen LogP contribution in [0.3, 0.4) is 0 Å². The number of rotatable bonds is 24. The van der Waals surface area contributed by atoms with Gasteiger partial charge in [-0.3, -0.25) is 0 Å². The Morgan fingerprint density at radius 1 is 0.380 bits per heavy atom. The summed E-state index contributed by atoms with van der Waals surface area (Å²) in [6.07, 6.45) is 23.8. The largest absolute Gasteiger partial charge is 0.537 e. The van der Waals surface area contributed by atoms with E-state index in [1.54, 1.807) is 0 Å². The van der Waals surface area contributed by atoms with Gasteiger partial charge < -0.3 is 13.3 Å². The SMILES string of the molecule is CCCCCCCCCCCCCCCCCCc1ccc2cc3c(ccc4cc5cc([Si](OCC)(OCC)OCC)ccc5cc43)cc2c1. The molecule has 50 heavy (non-hydrogen) atoms. The molecule has 0 amide bonds. The molecule has 0 saturated carbocycles. The predicted octanol–water partition coefficient (Wildman–Crippen LogP) is 13.4. The van der Waals surface area contributed by atoms with Crippen LogP contribution in [-0.2, 0) is 19.7 Å². The Bertz CT molecular complexity index is 1740. The lowest BCUT2D eigenvalue weighted by Gasteiger charge is -2.28. The summed E-state index contributed by atoms with van der Waals surface area (Å²) in [6.45, 7) is 9.99. The first-order valence-electron chi connectivity index (χ1n) is 20.4. The van der Waals surface area contributed by atoms with Crippen molar-refractivity contribution in [3.63, 3.8) is 0 Å². The zero-order chi connectivity index (χ0) is 35.0. The number of unbranched alkanes of at least 4 members (excludes halogenated alkanes) is 15. The number of hydrogen-bond donors (Lipinski definition) is 0. The monoisotopic (exact) mass is 692 g/mol. The summed E-state index contributed by atoms with van der Waals surface area (Å²) in [4.78, 5) is 0. The van der Waals surface area contributed by atoms with E-state index in [4.69, 9.17) is 13.3 Å². The minimum absolute atomic E-state index is 0.558. The van der Waals surface area contributed by atoms with Crippen LogP contribution in [0, 0.1) is 0 Å². The lowest BCUT2D eigenvalue weighted by molar-refractivity contribution is 0.0859. The molecule has 0 unspecified atom stereocenters. The molecular weight excluding hydrogens is 629 g/mol. The van der Waals surface area contributed by atoms with Crippen LogP contribution in [0.25, 0.3) is 43.1 Å². The first-order chi connectivity index (χ1) is 24.6. The molecule has 0 aliphatic carbocycles. The number of hydrogen-bond acceptors (Lipinski definition) is 3. The van der Waals surface area contributed by atoms with E-state index in [-0.39, 0.29) is 0 Å². The van der Waals surface area contributed by atoms with E-state index in [1.165, 1.54) is 158 Å². The van der Waals surface area contributed by atoms with Gasteiger partial charge in [0.05, 0.1) is 0 Å². The van der Waals surface area contributed by atoms with Crippen LogP contribution < -0.4 is 5.19 Å². The highest BCUT2D eigenvalue weighted by molar-refractivity contribution is 6.75. The highest BCUT2D eigenvalue weighted by Crippen LogP contribution is 2.33. The van der Waals surface area contributed by atoms with Gasteiger partial charge in [-0.05, 0) is 113 Å². The maximum atomic E-state index is 6.20. The Morgan fingerprint density at radius 2 is 0.800 bits per heavy atom. The fraction of sp³-hybridized carbons (Fsp3) is 0.522. The minimum atomic E-state index is -2.96. The van der Waals surface area contributed by atoms with Crippen LogP contribution in [0.2, 0.25) is 0 Å². The molecule has 0 radical (unpaired) electrons. The second-order valence-corrected chi connectivity index (χ2v) is 16.9. The van der Waals surface area contributed by atoms with E-state index in [0.717, 1.165) is 5.19 Å². The Hall–Kier alpha value is -2.76. The number of aryl methyl sites for hydroxylation is 1. The van der Waals surface area contributed by atoms with Crippen LogP contribution in [0.5, 0.6) is 0 Å². The molecule has 270 valence electrons. The Labute approximate surface area is 304 Å². The molecule has 5 aromatic rings. The molecular formula is C46H64O3Si. The summed E-state index contributed by atoms with van der Waals surface area (Å²) < 4.78 is 18.6. The van der Waals surface area contributed by atoms with Crippen molar-refractivity contribution in [1.82, 2.24) is 0 Å². The molecule has 0 aliphatic rings. The third-order valence-electron chi connectivity index (χ3n) is 10.5. The summed E-state index contributed by atoms with van der Waals surface area (Å²) >= 11 is 0. The van der Waals surface area contributed by atoms with Gasteiger partial charge in [0.25, 0.3) is 0 Å². The smallest absolute Gasteiger partial charge is 0.370 e. The van der Waals surface area contributed by atoms with Crippen LogP contribution in [0.4, 0.5) is 0 Å². The van der Waals surface area contributed by atoms with Gasteiger partial charge in [0.2, 0.25) is 0 Å². The minimum Gasteiger partial charge on any atom is -0.370 e. The second kappa shape index (κ2) is 20.3. The Morgan fingerprint density at radius 3 is 1.28 bits per heavy atom. The van der Waals surface area contributed by atoms with Gasteiger partial charge in [0.15, 0.2) is 0 Å². The molecule has 5 rings (SSSR count). The molecule has 0 spiro atoms. The van der Waals surface area contributed by atoms with Crippen molar-refractivity contribution < 1.29 is 13.3 Å². The van der Waals surface area contributed by atoms with Crippen molar-refractivity contribution in [1.29, 1.82) is 0 Å².